The van der Waals surface area contributed by atoms with Crippen LogP contribution in [-0.2, 0) is 20.8 Å². The van der Waals surface area contributed by atoms with E-state index in [-0.39, 0.29) is 38.1 Å². The third-order valence-electron chi connectivity index (χ3n) is 5.13. The number of primary amides is 1. The van der Waals surface area contributed by atoms with Gasteiger partial charge in [0.15, 0.2) is 0 Å². The van der Waals surface area contributed by atoms with Crippen LogP contribution < -0.4 is 27.2 Å². The van der Waals surface area contributed by atoms with Gasteiger partial charge in [0.25, 0.3) is 0 Å². The van der Waals surface area contributed by atoms with Gasteiger partial charge in [-0.05, 0) is 48.9 Å². The summed E-state index contributed by atoms with van der Waals surface area (Å²) in [6, 6.07) is 1.55. The van der Waals surface area contributed by atoms with Gasteiger partial charge in [0.1, 0.15) is 23.9 Å². The molecule has 1 aromatic rings. The van der Waals surface area contributed by atoms with E-state index in [1.165, 1.54) is 24.3 Å². The highest BCUT2D eigenvalue weighted by Gasteiger charge is 2.28. The number of unbranched alkanes of at least 4 members (excludes halogenated alkanes) is 1. The zero-order valence-electron chi connectivity index (χ0n) is 19.6. The van der Waals surface area contributed by atoms with Crippen LogP contribution >= 0.6 is 0 Å². The average Bonchev–Trinajstić information content (AvgIpc) is 2.83. The number of aromatic hydroxyl groups is 1. The largest absolute Gasteiger partial charge is 0.508 e. The summed E-state index contributed by atoms with van der Waals surface area (Å²) in [5.41, 5.74) is 15.8. The number of nitrogens with one attached hydrogen (secondary N) is 4. The molecular weight excluding hydrogens is 476 g/mol. The van der Waals surface area contributed by atoms with Crippen LogP contribution in [0, 0.1) is 0 Å². The minimum absolute atomic E-state index is 0.00984. The Hall–Kier alpha value is -4.07. The molecule has 0 saturated heterocycles. The molecule has 9 N–H and O–H groups in total. The van der Waals surface area contributed by atoms with Crippen molar-refractivity contribution in [1.82, 2.24) is 21.4 Å². The van der Waals surface area contributed by atoms with Gasteiger partial charge in [-0.15, -0.1) is 0 Å². The van der Waals surface area contributed by atoms with Crippen molar-refractivity contribution in [3.8, 4) is 5.75 Å². The van der Waals surface area contributed by atoms with Crippen molar-refractivity contribution in [2.45, 2.75) is 56.7 Å². The van der Waals surface area contributed by atoms with E-state index in [9.17, 15) is 34.6 Å². The number of carbonyl (C=O) groups excluding carboxylic acids is 3. The molecule has 36 heavy (non-hydrogen) atoms. The standard InChI is InChI=1S/C21H32N8O7/c22-21(35)24-10-3-5-16(28-36)19(32)26-15(4-1-2-11-25-29-23)18(31)27-17(20(33)34)12-13-6-8-14(30)9-7-13/h6-9,15-17,28,30,36H,1-5,10-12H2,(H,26,32)(H,27,31)(H,33,34)(H3,22,24,35)/t15-,16-,17-/m0/s1. The molecule has 0 spiro atoms. The summed E-state index contributed by atoms with van der Waals surface area (Å²) in [5, 5.41) is 39.0. The lowest BCUT2D eigenvalue weighted by Crippen LogP contribution is -2.55. The molecule has 0 aliphatic carbocycles. The number of rotatable bonds is 17. The fraction of sp³-hybridized carbons (Fsp3) is 0.524. The first-order chi connectivity index (χ1) is 17.2. The number of urea groups is 1. The zero-order valence-corrected chi connectivity index (χ0v) is 19.6. The second-order valence-electron chi connectivity index (χ2n) is 7.90. The maximum atomic E-state index is 12.9. The maximum Gasteiger partial charge on any atom is 0.326 e. The van der Waals surface area contributed by atoms with E-state index in [0.29, 0.717) is 24.8 Å². The lowest BCUT2D eigenvalue weighted by Gasteiger charge is -2.24. The second-order valence-corrected chi connectivity index (χ2v) is 7.90. The van der Waals surface area contributed by atoms with Gasteiger partial charge < -0.3 is 37.1 Å². The van der Waals surface area contributed by atoms with Crippen molar-refractivity contribution in [2.24, 2.45) is 10.8 Å². The Morgan fingerprint density at radius 1 is 0.972 bits per heavy atom. The minimum Gasteiger partial charge on any atom is -0.508 e. The van der Waals surface area contributed by atoms with Gasteiger partial charge >= 0.3 is 12.0 Å². The van der Waals surface area contributed by atoms with Crippen molar-refractivity contribution >= 4 is 23.8 Å². The highest BCUT2D eigenvalue weighted by molar-refractivity contribution is 5.91. The van der Waals surface area contributed by atoms with E-state index in [2.05, 4.69) is 26.0 Å². The number of carbonyl (C=O) groups is 4. The van der Waals surface area contributed by atoms with Crippen molar-refractivity contribution in [3.63, 3.8) is 0 Å². The first-order valence-corrected chi connectivity index (χ1v) is 11.2. The average molecular weight is 509 g/mol. The van der Waals surface area contributed by atoms with E-state index in [4.69, 9.17) is 11.3 Å². The van der Waals surface area contributed by atoms with Gasteiger partial charge in [-0.1, -0.05) is 23.7 Å². The number of nitrogens with two attached hydrogens (primary N) is 1. The van der Waals surface area contributed by atoms with E-state index in [0.717, 1.165) is 0 Å². The number of aliphatic carboxylic acids is 1. The Morgan fingerprint density at radius 3 is 2.17 bits per heavy atom. The number of hydrogen-bond donors (Lipinski definition) is 8. The number of amides is 4. The molecular formula is C21H32N8O7. The summed E-state index contributed by atoms with van der Waals surface area (Å²) in [7, 11) is 0. The molecule has 198 valence electrons. The molecule has 0 radical (unpaired) electrons. The summed E-state index contributed by atoms with van der Waals surface area (Å²) >= 11 is 0. The third kappa shape index (κ3) is 11.9. The van der Waals surface area contributed by atoms with Crippen molar-refractivity contribution in [1.29, 1.82) is 0 Å². The fourth-order valence-electron chi connectivity index (χ4n) is 3.23. The van der Waals surface area contributed by atoms with Crippen LogP contribution in [0.25, 0.3) is 10.4 Å². The van der Waals surface area contributed by atoms with Crippen LogP contribution in [0.5, 0.6) is 5.75 Å². The van der Waals surface area contributed by atoms with Crippen LogP contribution in [0.2, 0.25) is 0 Å². The summed E-state index contributed by atoms with van der Waals surface area (Å²) < 4.78 is 0. The smallest absolute Gasteiger partial charge is 0.326 e. The van der Waals surface area contributed by atoms with Crippen molar-refractivity contribution < 1.29 is 34.6 Å². The van der Waals surface area contributed by atoms with E-state index >= 15 is 0 Å². The predicted molar refractivity (Wildman–Crippen MR) is 127 cm³/mol. The minimum atomic E-state index is -1.31. The number of carboxylic acid groups (broad SMARTS) is 1. The van der Waals surface area contributed by atoms with Gasteiger partial charge in [-0.2, -0.15) is 5.48 Å². The Kier molecular flexibility index (Phi) is 13.8. The van der Waals surface area contributed by atoms with Gasteiger partial charge in [-0.3, -0.25) is 9.59 Å². The van der Waals surface area contributed by atoms with Crippen LogP contribution in [0.3, 0.4) is 0 Å². The molecule has 0 saturated carbocycles. The number of benzene rings is 1. The fourth-order valence-corrected chi connectivity index (χ4v) is 3.23. The SMILES string of the molecule is [N-]=[N+]=NCCCC[C@H](NC(=O)[C@H](CCCNC(N)=O)NO)C(=O)N[C@@H](Cc1ccc(O)cc1)C(=O)O. The van der Waals surface area contributed by atoms with E-state index in [1.54, 1.807) is 0 Å². The van der Waals surface area contributed by atoms with Crippen LogP contribution in [0.4, 0.5) is 4.79 Å². The molecule has 0 aliphatic heterocycles. The topological polar surface area (TPSA) is 252 Å². The van der Waals surface area contributed by atoms with Crippen molar-refractivity contribution in [3.05, 3.63) is 40.3 Å². The Balaban J connectivity index is 2.87. The highest BCUT2D eigenvalue weighted by atomic mass is 16.5. The Bertz CT molecular complexity index is 921. The van der Waals surface area contributed by atoms with E-state index in [1.807, 2.05) is 5.48 Å². The first-order valence-electron chi connectivity index (χ1n) is 11.2. The molecule has 0 heterocycles. The number of phenols is 1. The lowest BCUT2D eigenvalue weighted by atomic mass is 10.0. The van der Waals surface area contributed by atoms with Crippen LogP contribution in [0.15, 0.2) is 29.4 Å². The molecule has 0 unspecified atom stereocenters. The number of nitrogens with zero attached hydrogens (tertiary/aromatic N) is 3. The summed E-state index contributed by atoms with van der Waals surface area (Å²) in [4.78, 5) is 50.8. The highest BCUT2D eigenvalue weighted by Crippen LogP contribution is 2.12. The molecule has 15 nitrogen and oxygen atoms in total. The molecule has 0 aromatic heterocycles. The van der Waals surface area contributed by atoms with Crippen LogP contribution in [-0.4, -0.2) is 70.5 Å². The number of azide groups is 1. The number of carboxylic acids is 1. The van der Waals surface area contributed by atoms with Crippen molar-refractivity contribution in [2.75, 3.05) is 13.1 Å². The molecule has 3 atom stereocenters. The molecule has 4 amide bonds. The molecule has 0 bridgehead atoms. The van der Waals surface area contributed by atoms with Gasteiger partial charge in [0.05, 0.1) is 0 Å². The zero-order chi connectivity index (χ0) is 26.9. The molecule has 1 aromatic carbocycles. The molecule has 15 heteroatoms. The number of phenolic OH excluding ortho intramolecular Hbond substituents is 1. The Labute approximate surface area is 207 Å². The first kappa shape index (κ1) is 30.0. The Morgan fingerprint density at radius 2 is 1.58 bits per heavy atom. The number of hydroxylamine groups is 1. The van der Waals surface area contributed by atoms with Gasteiger partial charge in [0, 0.05) is 24.4 Å². The quantitative estimate of drug-likeness (QED) is 0.0475. The molecule has 0 aliphatic rings. The van der Waals surface area contributed by atoms with Gasteiger partial charge in [0.2, 0.25) is 11.8 Å². The summed E-state index contributed by atoms with van der Waals surface area (Å²) in [5.74, 6) is -2.74. The molecule has 1 rings (SSSR count). The lowest BCUT2D eigenvalue weighted by molar-refractivity contribution is -0.142. The second kappa shape index (κ2) is 16.5. The monoisotopic (exact) mass is 508 g/mol. The normalized spacial score (nSPS) is 12.9. The number of hydrogen-bond acceptors (Lipinski definition) is 8. The maximum absolute atomic E-state index is 12.9. The van der Waals surface area contributed by atoms with E-state index < -0.39 is 41.9 Å². The summed E-state index contributed by atoms with van der Waals surface area (Å²) in [6.07, 6.45) is 1.27. The van der Waals surface area contributed by atoms with Crippen LogP contribution in [0.1, 0.15) is 37.7 Å². The third-order valence-corrected chi connectivity index (χ3v) is 5.13. The van der Waals surface area contributed by atoms with Gasteiger partial charge in [-0.25, -0.2) is 9.59 Å². The molecule has 0 fully saturated rings. The predicted octanol–water partition coefficient (Wildman–Crippen LogP) is 0.265. The summed E-state index contributed by atoms with van der Waals surface area (Å²) in [6.45, 7) is 0.354.